The number of Topliss-reactive ketones (excluding diaryl/α,β-unsaturated/α-hetero) is 1. The Balaban J connectivity index is 3.18. The summed E-state index contributed by atoms with van der Waals surface area (Å²) in [6, 6.07) is 3.48. The first-order chi connectivity index (χ1) is 8.86. The minimum Gasteiger partial charge on any atom is -0.479 e. The molecule has 0 fully saturated rings. The first kappa shape index (κ1) is 15.7. The molecule has 104 valence electrons. The molecule has 1 rings (SSSR count). The third-order valence-electron chi connectivity index (χ3n) is 2.47. The van der Waals surface area contributed by atoms with Crippen molar-refractivity contribution in [3.63, 3.8) is 0 Å². The van der Waals surface area contributed by atoms with E-state index in [1.54, 1.807) is 0 Å². The molecule has 0 saturated heterocycles. The summed E-state index contributed by atoms with van der Waals surface area (Å²) in [6.07, 6.45) is -4.96. The highest BCUT2D eigenvalue weighted by Crippen LogP contribution is 2.29. The van der Waals surface area contributed by atoms with E-state index >= 15 is 0 Å². The molecule has 4 nitrogen and oxygen atoms in total. The molecule has 0 spiro atoms. The van der Waals surface area contributed by atoms with Crippen molar-refractivity contribution in [1.82, 2.24) is 0 Å². The topological polar surface area (TPSA) is 74.6 Å². The number of carbonyl (C=O) groups excluding carboxylic acids is 1. The number of aliphatic hydroxyl groups excluding tert-OH is 1. The van der Waals surface area contributed by atoms with E-state index in [0.29, 0.717) is 5.56 Å². The molecule has 19 heavy (non-hydrogen) atoms. The Bertz CT molecular complexity index is 491. The van der Waals surface area contributed by atoms with Crippen molar-refractivity contribution >= 4 is 27.7 Å². The molecule has 0 bridgehead atoms. The van der Waals surface area contributed by atoms with E-state index in [2.05, 4.69) is 15.9 Å². The number of carboxylic acids is 1. The summed E-state index contributed by atoms with van der Waals surface area (Å²) in [6.45, 7) is 0. The molecule has 0 aromatic heterocycles. The number of carbonyl (C=O) groups is 2. The van der Waals surface area contributed by atoms with Crippen LogP contribution in [0.5, 0.6) is 0 Å². The predicted molar refractivity (Wildman–Crippen MR) is 66.5 cm³/mol. The van der Waals surface area contributed by atoms with Gasteiger partial charge in [0.1, 0.15) is 5.78 Å². The van der Waals surface area contributed by atoms with Crippen LogP contribution in [0.1, 0.15) is 29.2 Å². The quantitative estimate of drug-likeness (QED) is 0.781. The average Bonchev–Trinajstić information content (AvgIpc) is 2.37. The summed E-state index contributed by atoms with van der Waals surface area (Å²) in [4.78, 5) is 21.9. The van der Waals surface area contributed by atoms with Crippen molar-refractivity contribution in [2.75, 3.05) is 5.33 Å². The van der Waals surface area contributed by atoms with Crippen LogP contribution in [0.25, 0.3) is 0 Å². The smallest absolute Gasteiger partial charge is 0.337 e. The van der Waals surface area contributed by atoms with Gasteiger partial charge in [-0.1, -0.05) is 34.1 Å². The lowest BCUT2D eigenvalue weighted by molar-refractivity contribution is -0.147. The molecule has 0 aliphatic carbocycles. The largest absolute Gasteiger partial charge is 0.479 e. The van der Waals surface area contributed by atoms with Crippen LogP contribution >= 0.6 is 15.9 Å². The van der Waals surface area contributed by atoms with Crippen molar-refractivity contribution < 1.29 is 28.6 Å². The molecule has 0 aliphatic heterocycles. The van der Waals surface area contributed by atoms with Crippen molar-refractivity contribution in [2.24, 2.45) is 0 Å². The third-order valence-corrected chi connectivity index (χ3v) is 3.09. The lowest BCUT2D eigenvalue weighted by Crippen LogP contribution is -2.14. The second-order valence-electron chi connectivity index (χ2n) is 3.85. The van der Waals surface area contributed by atoms with Crippen LogP contribution in [0, 0.1) is 0 Å². The maximum Gasteiger partial charge on any atom is 0.337 e. The number of halogens is 3. The van der Waals surface area contributed by atoms with Crippen LogP contribution in [0.2, 0.25) is 0 Å². The number of aliphatic hydroxyl groups is 1. The van der Waals surface area contributed by atoms with Gasteiger partial charge < -0.3 is 10.2 Å². The first-order valence-corrected chi connectivity index (χ1v) is 6.38. The summed E-state index contributed by atoms with van der Waals surface area (Å²) in [5.41, 5.74) is -0.559. The monoisotopic (exact) mass is 336 g/mol. The van der Waals surface area contributed by atoms with E-state index in [0.717, 1.165) is 12.1 Å². The van der Waals surface area contributed by atoms with Crippen molar-refractivity contribution in [3.8, 4) is 0 Å². The lowest BCUT2D eigenvalue weighted by Gasteiger charge is -2.13. The fourth-order valence-electron chi connectivity index (χ4n) is 1.58. The number of carboxylic acid groups (broad SMARTS) is 1. The Hall–Kier alpha value is -1.34. The van der Waals surface area contributed by atoms with Gasteiger partial charge in [-0.2, -0.15) is 0 Å². The van der Waals surface area contributed by atoms with Crippen LogP contribution in [-0.2, 0) is 16.0 Å². The Kier molecular flexibility index (Phi) is 5.56. The van der Waals surface area contributed by atoms with Crippen molar-refractivity contribution in [1.29, 1.82) is 0 Å². The zero-order chi connectivity index (χ0) is 14.6. The molecule has 1 atom stereocenters. The Morgan fingerprint density at radius 1 is 1.26 bits per heavy atom. The van der Waals surface area contributed by atoms with Gasteiger partial charge in [-0.05, 0) is 5.56 Å². The van der Waals surface area contributed by atoms with E-state index in [4.69, 9.17) is 5.11 Å². The number of hydrogen-bond donors (Lipinski definition) is 2. The van der Waals surface area contributed by atoms with E-state index in [-0.39, 0.29) is 23.1 Å². The standard InChI is InChI=1S/C12H11BrF2O4/c13-5-7(16)3-6-1-2-8(11(14)15)9(4-6)10(17)12(18)19/h1-2,4,10-11,17H,3,5H2,(H,18,19). The number of rotatable bonds is 6. The molecule has 0 radical (unpaired) electrons. The minimum absolute atomic E-state index is 0.0197. The molecule has 0 aliphatic rings. The van der Waals surface area contributed by atoms with E-state index in [1.807, 2.05) is 0 Å². The molecular formula is C12H11BrF2O4. The second kappa shape index (κ2) is 6.72. The first-order valence-electron chi connectivity index (χ1n) is 5.26. The molecular weight excluding hydrogens is 326 g/mol. The number of ketones is 1. The summed E-state index contributed by atoms with van der Waals surface area (Å²) in [5, 5.41) is 18.2. The summed E-state index contributed by atoms with van der Waals surface area (Å²) in [7, 11) is 0. The fraction of sp³-hybridized carbons (Fsp3) is 0.333. The number of benzene rings is 1. The molecule has 0 heterocycles. The van der Waals surface area contributed by atoms with E-state index < -0.39 is 24.1 Å². The Morgan fingerprint density at radius 2 is 1.89 bits per heavy atom. The highest BCUT2D eigenvalue weighted by molar-refractivity contribution is 9.09. The Morgan fingerprint density at radius 3 is 2.37 bits per heavy atom. The highest BCUT2D eigenvalue weighted by atomic mass is 79.9. The summed E-state index contributed by atoms with van der Waals surface area (Å²) in [5.74, 6) is -1.80. The predicted octanol–water partition coefficient (Wildman–Crippen LogP) is 2.25. The SMILES string of the molecule is O=C(CBr)Cc1ccc(C(F)F)c(C(O)C(=O)O)c1. The maximum absolute atomic E-state index is 12.7. The number of aliphatic carboxylic acids is 1. The lowest BCUT2D eigenvalue weighted by atomic mass is 9.97. The zero-order valence-electron chi connectivity index (χ0n) is 9.65. The second-order valence-corrected chi connectivity index (χ2v) is 4.41. The highest BCUT2D eigenvalue weighted by Gasteiger charge is 2.24. The molecule has 2 N–H and O–H groups in total. The fourth-order valence-corrected chi connectivity index (χ4v) is 1.78. The van der Waals surface area contributed by atoms with Gasteiger partial charge in [0.05, 0.1) is 5.33 Å². The van der Waals surface area contributed by atoms with Crippen LogP contribution in [0.3, 0.4) is 0 Å². The maximum atomic E-state index is 12.7. The average molecular weight is 337 g/mol. The van der Waals surface area contributed by atoms with Gasteiger partial charge in [-0.25, -0.2) is 13.6 Å². The van der Waals surface area contributed by atoms with Crippen LogP contribution in [0.15, 0.2) is 18.2 Å². The van der Waals surface area contributed by atoms with Crippen molar-refractivity contribution in [2.45, 2.75) is 19.0 Å². The van der Waals surface area contributed by atoms with Crippen molar-refractivity contribution in [3.05, 3.63) is 34.9 Å². The zero-order valence-corrected chi connectivity index (χ0v) is 11.2. The van der Waals surface area contributed by atoms with Crippen LogP contribution in [0.4, 0.5) is 8.78 Å². The summed E-state index contributed by atoms with van der Waals surface area (Å²) >= 11 is 2.97. The molecule has 1 aromatic carbocycles. The van der Waals surface area contributed by atoms with E-state index in [9.17, 15) is 23.5 Å². The van der Waals surface area contributed by atoms with Crippen LogP contribution in [-0.4, -0.2) is 27.3 Å². The van der Waals surface area contributed by atoms with Gasteiger partial charge in [-0.15, -0.1) is 0 Å². The summed E-state index contributed by atoms with van der Waals surface area (Å²) < 4.78 is 25.5. The van der Waals surface area contributed by atoms with Gasteiger partial charge >= 0.3 is 5.97 Å². The molecule has 0 saturated carbocycles. The van der Waals surface area contributed by atoms with Gasteiger partial charge in [0.15, 0.2) is 6.10 Å². The van der Waals surface area contributed by atoms with Gasteiger partial charge in [0.2, 0.25) is 0 Å². The van der Waals surface area contributed by atoms with Gasteiger partial charge in [0, 0.05) is 17.5 Å². The van der Waals surface area contributed by atoms with Gasteiger partial charge in [-0.3, -0.25) is 4.79 Å². The molecule has 7 heteroatoms. The van der Waals surface area contributed by atoms with Crippen LogP contribution < -0.4 is 0 Å². The molecule has 0 amide bonds. The van der Waals surface area contributed by atoms with Gasteiger partial charge in [0.25, 0.3) is 6.43 Å². The third kappa shape index (κ3) is 4.07. The number of alkyl halides is 3. The normalized spacial score (nSPS) is 12.5. The molecule has 1 unspecified atom stereocenters. The number of hydrogen-bond acceptors (Lipinski definition) is 3. The Labute approximate surface area is 116 Å². The minimum atomic E-state index is -2.90. The van der Waals surface area contributed by atoms with E-state index in [1.165, 1.54) is 6.07 Å². The molecule has 1 aromatic rings.